The summed E-state index contributed by atoms with van der Waals surface area (Å²) in [6, 6.07) is 8.59. The van der Waals surface area contributed by atoms with Gasteiger partial charge < -0.3 is 10.2 Å². The molecule has 1 N–H and O–H groups in total. The Balaban J connectivity index is 2.35. The lowest BCUT2D eigenvalue weighted by molar-refractivity contribution is 0.196. The molecule has 0 saturated heterocycles. The number of hydrogen-bond donors (Lipinski definition) is 1. The van der Waals surface area contributed by atoms with Crippen molar-refractivity contribution in [2.45, 2.75) is 52.9 Å². The van der Waals surface area contributed by atoms with Crippen LogP contribution in [0.25, 0.3) is 0 Å². The van der Waals surface area contributed by atoms with Gasteiger partial charge in [-0.2, -0.15) is 0 Å². The van der Waals surface area contributed by atoms with Crippen molar-refractivity contribution in [2.24, 2.45) is 0 Å². The van der Waals surface area contributed by atoms with Crippen LogP contribution >= 0.6 is 0 Å². The lowest BCUT2D eigenvalue weighted by Crippen LogP contribution is -2.41. The summed E-state index contributed by atoms with van der Waals surface area (Å²) < 4.78 is 0. The van der Waals surface area contributed by atoms with E-state index < -0.39 is 0 Å². The molecule has 0 aliphatic rings. The number of carbonyl (C=O) groups excluding carboxylic acids is 1. The first kappa shape index (κ1) is 17.5. The van der Waals surface area contributed by atoms with Crippen LogP contribution in [0.4, 0.5) is 4.79 Å². The predicted molar refractivity (Wildman–Crippen MR) is 89.7 cm³/mol. The molecule has 0 unspecified atom stereocenters. The SMILES string of the molecule is CCCCN(CCCC)C(=O)NCCc1ccc(C)cc1. The fourth-order valence-electron chi connectivity index (χ4n) is 2.19. The number of urea groups is 1. The smallest absolute Gasteiger partial charge is 0.317 e. The second-order valence-corrected chi connectivity index (χ2v) is 5.66. The Morgan fingerprint density at radius 3 is 2.14 bits per heavy atom. The van der Waals surface area contributed by atoms with Gasteiger partial charge >= 0.3 is 6.03 Å². The molecule has 0 aliphatic carbocycles. The second kappa shape index (κ2) is 10.3. The molecule has 0 saturated carbocycles. The Morgan fingerprint density at radius 1 is 1.05 bits per heavy atom. The van der Waals surface area contributed by atoms with E-state index in [1.807, 2.05) is 4.90 Å². The van der Waals surface area contributed by atoms with E-state index in [9.17, 15) is 4.79 Å². The molecule has 0 spiro atoms. The normalized spacial score (nSPS) is 10.4. The third-order valence-corrected chi connectivity index (χ3v) is 3.66. The van der Waals surface area contributed by atoms with Crippen LogP contribution in [0.5, 0.6) is 0 Å². The van der Waals surface area contributed by atoms with E-state index in [2.05, 4.69) is 50.4 Å². The molecule has 2 amide bonds. The van der Waals surface area contributed by atoms with Gasteiger partial charge in [-0.15, -0.1) is 0 Å². The van der Waals surface area contributed by atoms with E-state index >= 15 is 0 Å². The number of hydrogen-bond acceptors (Lipinski definition) is 1. The lowest BCUT2D eigenvalue weighted by atomic mass is 10.1. The Hall–Kier alpha value is -1.51. The summed E-state index contributed by atoms with van der Waals surface area (Å²) in [7, 11) is 0. The van der Waals surface area contributed by atoms with Crippen LogP contribution in [0.2, 0.25) is 0 Å². The van der Waals surface area contributed by atoms with Crippen LogP contribution in [0.15, 0.2) is 24.3 Å². The van der Waals surface area contributed by atoms with E-state index in [0.717, 1.165) is 45.2 Å². The lowest BCUT2D eigenvalue weighted by Gasteiger charge is -2.22. The number of nitrogens with one attached hydrogen (secondary N) is 1. The van der Waals surface area contributed by atoms with Crippen LogP contribution < -0.4 is 5.32 Å². The molecule has 3 heteroatoms. The van der Waals surface area contributed by atoms with Crippen LogP contribution in [0.3, 0.4) is 0 Å². The Labute approximate surface area is 129 Å². The number of aryl methyl sites for hydroxylation is 1. The van der Waals surface area contributed by atoms with Crippen molar-refractivity contribution in [3.8, 4) is 0 Å². The minimum absolute atomic E-state index is 0.0870. The van der Waals surface area contributed by atoms with Crippen molar-refractivity contribution in [1.29, 1.82) is 0 Å². The molecule has 0 bridgehead atoms. The van der Waals surface area contributed by atoms with Gasteiger partial charge in [0, 0.05) is 19.6 Å². The Bertz CT molecular complexity index is 392. The van der Waals surface area contributed by atoms with Gasteiger partial charge in [0.15, 0.2) is 0 Å². The molecular formula is C18H30N2O. The molecule has 0 atom stereocenters. The quantitative estimate of drug-likeness (QED) is 0.728. The summed E-state index contributed by atoms with van der Waals surface area (Å²) in [4.78, 5) is 14.2. The molecule has 3 nitrogen and oxygen atoms in total. The van der Waals surface area contributed by atoms with Gasteiger partial charge in [0.1, 0.15) is 0 Å². The topological polar surface area (TPSA) is 32.3 Å². The minimum Gasteiger partial charge on any atom is -0.338 e. The molecule has 0 aromatic heterocycles. The highest BCUT2D eigenvalue weighted by molar-refractivity contribution is 5.74. The Kier molecular flexibility index (Phi) is 8.56. The average molecular weight is 290 g/mol. The van der Waals surface area contributed by atoms with Gasteiger partial charge in [-0.05, 0) is 31.7 Å². The summed E-state index contributed by atoms with van der Waals surface area (Å²) in [5.41, 5.74) is 2.54. The number of unbranched alkanes of at least 4 members (excludes halogenated alkanes) is 2. The summed E-state index contributed by atoms with van der Waals surface area (Å²) in [5, 5.41) is 3.05. The second-order valence-electron chi connectivity index (χ2n) is 5.66. The first-order valence-electron chi connectivity index (χ1n) is 8.25. The highest BCUT2D eigenvalue weighted by atomic mass is 16.2. The van der Waals surface area contributed by atoms with Gasteiger partial charge in [-0.1, -0.05) is 56.5 Å². The maximum atomic E-state index is 12.2. The first-order chi connectivity index (χ1) is 10.2. The predicted octanol–water partition coefficient (Wildman–Crippen LogP) is 4.15. The highest BCUT2D eigenvalue weighted by Crippen LogP contribution is 2.04. The zero-order valence-corrected chi connectivity index (χ0v) is 13.8. The van der Waals surface area contributed by atoms with Crippen molar-refractivity contribution < 1.29 is 4.79 Å². The van der Waals surface area contributed by atoms with Crippen LogP contribution in [-0.4, -0.2) is 30.6 Å². The number of amides is 2. The molecule has 1 rings (SSSR count). The summed E-state index contributed by atoms with van der Waals surface area (Å²) in [5.74, 6) is 0. The number of benzene rings is 1. The standard InChI is InChI=1S/C18H30N2O/c1-4-6-14-20(15-7-5-2)18(21)19-13-12-17-10-8-16(3)9-11-17/h8-11H,4-7,12-15H2,1-3H3,(H,19,21). The minimum atomic E-state index is 0.0870. The molecule has 1 aromatic carbocycles. The molecule has 0 aliphatic heterocycles. The van der Waals surface area contributed by atoms with Crippen molar-refractivity contribution in [3.05, 3.63) is 35.4 Å². The third-order valence-electron chi connectivity index (χ3n) is 3.66. The molecular weight excluding hydrogens is 260 g/mol. The summed E-state index contributed by atoms with van der Waals surface area (Å²) in [6.45, 7) is 8.85. The third kappa shape index (κ3) is 7.16. The molecule has 0 heterocycles. The molecule has 0 fully saturated rings. The summed E-state index contributed by atoms with van der Waals surface area (Å²) in [6.07, 6.45) is 5.30. The van der Waals surface area contributed by atoms with Gasteiger partial charge in [0.25, 0.3) is 0 Å². The maximum absolute atomic E-state index is 12.2. The fraction of sp³-hybridized carbons (Fsp3) is 0.611. The van der Waals surface area contributed by atoms with E-state index in [1.165, 1.54) is 11.1 Å². The zero-order valence-electron chi connectivity index (χ0n) is 13.8. The van der Waals surface area contributed by atoms with Gasteiger partial charge in [0.2, 0.25) is 0 Å². The van der Waals surface area contributed by atoms with Crippen LogP contribution in [-0.2, 0) is 6.42 Å². The fourth-order valence-corrected chi connectivity index (χ4v) is 2.19. The van der Waals surface area contributed by atoms with Crippen LogP contribution in [0, 0.1) is 6.92 Å². The van der Waals surface area contributed by atoms with Crippen molar-refractivity contribution in [1.82, 2.24) is 10.2 Å². The number of carbonyl (C=O) groups is 1. The van der Waals surface area contributed by atoms with Crippen molar-refractivity contribution >= 4 is 6.03 Å². The van der Waals surface area contributed by atoms with Gasteiger partial charge in [-0.25, -0.2) is 4.79 Å². The average Bonchev–Trinajstić information content (AvgIpc) is 2.49. The summed E-state index contributed by atoms with van der Waals surface area (Å²) >= 11 is 0. The van der Waals surface area contributed by atoms with E-state index in [4.69, 9.17) is 0 Å². The van der Waals surface area contributed by atoms with E-state index in [0.29, 0.717) is 6.54 Å². The van der Waals surface area contributed by atoms with Crippen molar-refractivity contribution in [3.63, 3.8) is 0 Å². The first-order valence-corrected chi connectivity index (χ1v) is 8.25. The van der Waals surface area contributed by atoms with Crippen molar-refractivity contribution in [2.75, 3.05) is 19.6 Å². The number of nitrogens with zero attached hydrogens (tertiary/aromatic N) is 1. The monoisotopic (exact) mass is 290 g/mol. The number of rotatable bonds is 9. The maximum Gasteiger partial charge on any atom is 0.317 e. The molecule has 0 radical (unpaired) electrons. The van der Waals surface area contributed by atoms with Gasteiger partial charge in [0.05, 0.1) is 0 Å². The zero-order chi connectivity index (χ0) is 15.5. The highest BCUT2D eigenvalue weighted by Gasteiger charge is 2.11. The van der Waals surface area contributed by atoms with E-state index in [1.54, 1.807) is 0 Å². The van der Waals surface area contributed by atoms with Crippen LogP contribution in [0.1, 0.15) is 50.7 Å². The molecule has 1 aromatic rings. The van der Waals surface area contributed by atoms with Gasteiger partial charge in [-0.3, -0.25) is 0 Å². The molecule has 21 heavy (non-hydrogen) atoms. The Morgan fingerprint density at radius 2 is 1.62 bits per heavy atom. The van der Waals surface area contributed by atoms with E-state index in [-0.39, 0.29) is 6.03 Å². The molecule has 118 valence electrons. The largest absolute Gasteiger partial charge is 0.338 e.